The van der Waals surface area contributed by atoms with Crippen LogP contribution >= 0.6 is 11.8 Å². The highest BCUT2D eigenvalue weighted by Crippen LogP contribution is 2.26. The van der Waals surface area contributed by atoms with Crippen LogP contribution in [0, 0.1) is 0 Å². The molecule has 0 bridgehead atoms. The van der Waals surface area contributed by atoms with Gasteiger partial charge in [-0.05, 0) is 22.8 Å². The minimum Gasteiger partial charge on any atom is -0.478 e. The normalized spacial score (nSPS) is 11.6. The predicted octanol–water partition coefficient (Wildman–Crippen LogP) is 4.63. The summed E-state index contributed by atoms with van der Waals surface area (Å²) < 4.78 is 0. The van der Waals surface area contributed by atoms with Gasteiger partial charge in [0, 0.05) is 11.3 Å². The van der Waals surface area contributed by atoms with Crippen molar-refractivity contribution in [3.8, 4) is 11.1 Å². The Morgan fingerprint density at radius 1 is 0.929 bits per heavy atom. The lowest BCUT2D eigenvalue weighted by molar-refractivity contribution is 0.0697. The molecule has 0 fully saturated rings. The van der Waals surface area contributed by atoms with Crippen molar-refractivity contribution in [2.45, 2.75) is 5.75 Å². The van der Waals surface area contributed by atoms with Crippen LogP contribution in [-0.2, 0) is 5.75 Å². The predicted molar refractivity (Wildman–Crippen MR) is 116 cm³/mol. The van der Waals surface area contributed by atoms with E-state index in [2.05, 4.69) is 10.2 Å². The van der Waals surface area contributed by atoms with Crippen molar-refractivity contribution in [3.63, 3.8) is 0 Å². The molecule has 0 radical (unpaired) electrons. The third-order valence-corrected chi connectivity index (χ3v) is 4.85. The highest BCUT2D eigenvalue weighted by atomic mass is 32.2. The lowest BCUT2D eigenvalue weighted by Gasteiger charge is -2.08. The molecule has 0 aromatic heterocycles. The molecule has 6 heteroatoms. The molecule has 28 heavy (non-hydrogen) atoms. The molecule has 0 saturated heterocycles. The van der Waals surface area contributed by atoms with Gasteiger partial charge in [-0.25, -0.2) is 4.79 Å². The molecule has 0 unspecified atom stereocenters. The second kappa shape index (κ2) is 9.53. The Kier molecular flexibility index (Phi) is 6.59. The van der Waals surface area contributed by atoms with Gasteiger partial charge in [0.1, 0.15) is 0 Å². The highest BCUT2D eigenvalue weighted by Gasteiger charge is 2.12. The van der Waals surface area contributed by atoms with Gasteiger partial charge in [0.15, 0.2) is 5.17 Å². The highest BCUT2D eigenvalue weighted by molar-refractivity contribution is 8.13. The fourth-order valence-electron chi connectivity index (χ4n) is 2.67. The zero-order chi connectivity index (χ0) is 19.8. The second-order valence-corrected chi connectivity index (χ2v) is 6.89. The van der Waals surface area contributed by atoms with Crippen LogP contribution in [0.4, 0.5) is 0 Å². The number of nitrogens with two attached hydrogens (primary N) is 1. The molecular weight excluding hydrogens is 370 g/mol. The fourth-order valence-corrected chi connectivity index (χ4v) is 3.28. The molecule has 0 aliphatic carbocycles. The van der Waals surface area contributed by atoms with Crippen LogP contribution in [0.2, 0.25) is 0 Å². The molecule has 0 saturated carbocycles. The van der Waals surface area contributed by atoms with Crippen LogP contribution in [0.25, 0.3) is 11.1 Å². The number of carboxylic acid groups (broad SMARTS) is 1. The molecule has 3 aromatic rings. The maximum absolute atomic E-state index is 11.5. The monoisotopic (exact) mass is 389 g/mol. The van der Waals surface area contributed by atoms with Gasteiger partial charge in [0.05, 0.1) is 11.8 Å². The molecular formula is C22H19N3O2S. The molecule has 5 nitrogen and oxygen atoms in total. The summed E-state index contributed by atoms with van der Waals surface area (Å²) in [6, 6.07) is 24.3. The second-order valence-electron chi connectivity index (χ2n) is 5.90. The van der Waals surface area contributed by atoms with Crippen molar-refractivity contribution in [1.82, 2.24) is 0 Å². The number of hydrogen-bond donors (Lipinski definition) is 2. The van der Waals surface area contributed by atoms with Crippen molar-refractivity contribution >= 4 is 29.1 Å². The van der Waals surface area contributed by atoms with Crippen LogP contribution in [0.3, 0.4) is 0 Å². The van der Waals surface area contributed by atoms with Gasteiger partial charge in [0.2, 0.25) is 0 Å². The van der Waals surface area contributed by atoms with Crippen LogP contribution < -0.4 is 5.73 Å². The Hall–Kier alpha value is -3.38. The fraction of sp³-hybridized carbons (Fsp3) is 0.0455. The number of hydrogen-bond acceptors (Lipinski definition) is 4. The lowest BCUT2D eigenvalue weighted by Crippen LogP contribution is -2.06. The van der Waals surface area contributed by atoms with E-state index >= 15 is 0 Å². The van der Waals surface area contributed by atoms with Crippen molar-refractivity contribution in [3.05, 3.63) is 95.6 Å². The maximum atomic E-state index is 11.5. The van der Waals surface area contributed by atoms with Crippen molar-refractivity contribution in [2.24, 2.45) is 15.9 Å². The zero-order valence-electron chi connectivity index (χ0n) is 15.0. The summed E-state index contributed by atoms with van der Waals surface area (Å²) in [6.45, 7) is 0. The summed E-state index contributed by atoms with van der Waals surface area (Å²) in [4.78, 5) is 11.5. The first kappa shape index (κ1) is 19.4. The third-order valence-electron chi connectivity index (χ3n) is 3.99. The first-order valence-corrected chi connectivity index (χ1v) is 9.58. The molecule has 3 N–H and O–H groups in total. The van der Waals surface area contributed by atoms with Gasteiger partial charge >= 0.3 is 5.97 Å². The molecule has 3 aromatic carbocycles. The van der Waals surface area contributed by atoms with Crippen molar-refractivity contribution < 1.29 is 9.90 Å². The van der Waals surface area contributed by atoms with Crippen LogP contribution in [0.15, 0.2) is 89.1 Å². The molecule has 0 aliphatic heterocycles. The number of benzene rings is 3. The smallest absolute Gasteiger partial charge is 0.336 e. The van der Waals surface area contributed by atoms with E-state index in [0.717, 1.165) is 16.7 Å². The Bertz CT molecular complexity index is 1020. The largest absolute Gasteiger partial charge is 0.478 e. The minimum atomic E-state index is -0.970. The first-order valence-electron chi connectivity index (χ1n) is 8.60. The lowest BCUT2D eigenvalue weighted by atomic mass is 9.96. The molecule has 0 atom stereocenters. The summed E-state index contributed by atoms with van der Waals surface area (Å²) in [5.74, 6) is -0.254. The number of rotatable bonds is 6. The summed E-state index contributed by atoms with van der Waals surface area (Å²) in [7, 11) is 0. The van der Waals surface area contributed by atoms with E-state index < -0.39 is 5.97 Å². The summed E-state index contributed by atoms with van der Waals surface area (Å²) >= 11 is 1.41. The summed E-state index contributed by atoms with van der Waals surface area (Å²) in [5.41, 5.74) is 9.49. The number of amidine groups is 1. The van der Waals surface area contributed by atoms with E-state index in [1.165, 1.54) is 11.8 Å². The van der Waals surface area contributed by atoms with E-state index in [-0.39, 0.29) is 5.56 Å². The Balaban J connectivity index is 1.77. The van der Waals surface area contributed by atoms with E-state index in [9.17, 15) is 9.90 Å². The standard InChI is InChI=1S/C22H19N3O2S/c23-22(28-15-16-8-2-1-3-9-16)25-24-14-17-10-4-5-11-18(17)19-12-6-7-13-20(19)21(26)27/h1-14H,15H2,(H2,23,25)(H,26,27). The van der Waals surface area contributed by atoms with Crippen molar-refractivity contribution in [1.29, 1.82) is 0 Å². The van der Waals surface area contributed by atoms with Gasteiger partial charge in [-0.15, -0.1) is 5.10 Å². The number of carboxylic acids is 1. The Labute approximate surface area is 167 Å². The number of nitrogens with zero attached hydrogens (tertiary/aromatic N) is 2. The average molecular weight is 389 g/mol. The van der Waals surface area contributed by atoms with Crippen LogP contribution in [0.1, 0.15) is 21.5 Å². The number of aromatic carboxylic acids is 1. The molecule has 140 valence electrons. The molecule has 0 spiro atoms. The van der Waals surface area contributed by atoms with Crippen LogP contribution in [-0.4, -0.2) is 22.5 Å². The van der Waals surface area contributed by atoms with E-state index in [0.29, 0.717) is 16.5 Å². The maximum Gasteiger partial charge on any atom is 0.336 e. The quantitative estimate of drug-likeness (QED) is 0.365. The number of thioether (sulfide) groups is 1. The number of carbonyl (C=O) groups is 1. The topological polar surface area (TPSA) is 88.0 Å². The van der Waals surface area contributed by atoms with E-state index in [1.54, 1.807) is 24.4 Å². The molecule has 3 rings (SSSR count). The van der Waals surface area contributed by atoms with Gasteiger partial charge in [-0.2, -0.15) is 5.10 Å². The Morgan fingerprint density at radius 2 is 1.57 bits per heavy atom. The zero-order valence-corrected chi connectivity index (χ0v) is 15.8. The third kappa shape index (κ3) is 5.08. The van der Waals surface area contributed by atoms with Crippen molar-refractivity contribution in [2.75, 3.05) is 0 Å². The average Bonchev–Trinajstić information content (AvgIpc) is 2.73. The molecule has 0 heterocycles. The Morgan fingerprint density at radius 3 is 2.32 bits per heavy atom. The van der Waals surface area contributed by atoms with E-state index in [4.69, 9.17) is 5.73 Å². The first-order chi connectivity index (χ1) is 13.6. The van der Waals surface area contributed by atoms with Gasteiger partial charge in [-0.1, -0.05) is 84.6 Å². The summed E-state index contributed by atoms with van der Waals surface area (Å²) in [6.07, 6.45) is 1.59. The summed E-state index contributed by atoms with van der Waals surface area (Å²) in [5, 5.41) is 17.9. The van der Waals surface area contributed by atoms with Gasteiger partial charge in [-0.3, -0.25) is 0 Å². The molecule has 0 amide bonds. The van der Waals surface area contributed by atoms with Gasteiger partial charge in [0.25, 0.3) is 0 Å². The van der Waals surface area contributed by atoms with E-state index in [1.807, 2.05) is 60.7 Å². The van der Waals surface area contributed by atoms with Crippen LogP contribution in [0.5, 0.6) is 0 Å². The molecule has 0 aliphatic rings. The SMILES string of the molecule is NC(=NN=Cc1ccccc1-c1ccccc1C(=O)O)SCc1ccccc1. The van der Waals surface area contributed by atoms with Gasteiger partial charge < -0.3 is 10.8 Å². The minimum absolute atomic E-state index is 0.241.